The molecule has 0 radical (unpaired) electrons. The fourth-order valence-corrected chi connectivity index (χ4v) is 3.51. The molecule has 0 amide bonds. The maximum absolute atomic E-state index is 4.88. The van der Waals surface area contributed by atoms with Crippen LogP contribution >= 0.6 is 11.3 Å². The van der Waals surface area contributed by atoms with Crippen LogP contribution in [0.5, 0.6) is 0 Å². The lowest BCUT2D eigenvalue weighted by atomic mass is 10.1. The van der Waals surface area contributed by atoms with E-state index in [0.29, 0.717) is 5.92 Å². The van der Waals surface area contributed by atoms with Gasteiger partial charge in [-0.3, -0.25) is 0 Å². The van der Waals surface area contributed by atoms with Gasteiger partial charge in [0.25, 0.3) is 0 Å². The minimum absolute atomic E-state index is 0.453. The van der Waals surface area contributed by atoms with Crippen LogP contribution in [-0.2, 0) is 6.54 Å². The van der Waals surface area contributed by atoms with Crippen molar-refractivity contribution in [3.05, 3.63) is 40.4 Å². The number of hydrogen-bond acceptors (Lipinski definition) is 4. The van der Waals surface area contributed by atoms with E-state index in [1.165, 1.54) is 21.8 Å². The van der Waals surface area contributed by atoms with Crippen LogP contribution in [-0.4, -0.2) is 18.6 Å². The topological polar surface area (TPSA) is 28.2 Å². The lowest BCUT2D eigenvalue weighted by Crippen LogP contribution is -2.12. The number of aryl methyl sites for hydroxylation is 1. The van der Waals surface area contributed by atoms with Gasteiger partial charge in [-0.25, -0.2) is 4.98 Å². The summed E-state index contributed by atoms with van der Waals surface area (Å²) >= 11 is 1.79. The minimum Gasteiger partial charge on any atom is -0.321 e. The molecule has 1 aromatic heterocycles. The zero-order chi connectivity index (χ0) is 15.4. The van der Waals surface area contributed by atoms with Crippen LogP contribution in [0.15, 0.2) is 24.3 Å². The fraction of sp³-hybridized carbons (Fsp3) is 0.471. The van der Waals surface area contributed by atoms with Crippen molar-refractivity contribution in [2.24, 2.45) is 0 Å². The normalized spacial score (nSPS) is 11.1. The van der Waals surface area contributed by atoms with Crippen molar-refractivity contribution in [3.8, 4) is 0 Å². The Morgan fingerprint density at radius 2 is 2.00 bits per heavy atom. The van der Waals surface area contributed by atoms with Crippen molar-refractivity contribution < 1.29 is 0 Å². The minimum atomic E-state index is 0.453. The molecule has 0 saturated carbocycles. The first-order chi connectivity index (χ1) is 10.0. The average Bonchev–Trinajstić information content (AvgIpc) is 2.89. The highest BCUT2D eigenvalue weighted by Crippen LogP contribution is 2.34. The molecule has 0 spiro atoms. The third-order valence-corrected chi connectivity index (χ3v) is 4.71. The van der Waals surface area contributed by atoms with Gasteiger partial charge >= 0.3 is 0 Å². The third-order valence-electron chi connectivity index (χ3n) is 3.56. The predicted octanol–water partition coefficient (Wildman–Crippen LogP) is 4.45. The second-order valence-corrected chi connectivity index (χ2v) is 6.65. The van der Waals surface area contributed by atoms with Gasteiger partial charge in [-0.1, -0.05) is 50.3 Å². The Balaban J connectivity index is 2.33. The van der Waals surface area contributed by atoms with Crippen LogP contribution in [0.3, 0.4) is 0 Å². The highest BCUT2D eigenvalue weighted by Gasteiger charge is 2.17. The number of nitrogens with zero attached hydrogens (tertiary/aromatic N) is 2. The molecule has 0 aliphatic carbocycles. The second kappa shape index (κ2) is 7.05. The van der Waals surface area contributed by atoms with Gasteiger partial charge in [0.15, 0.2) is 5.13 Å². The summed E-state index contributed by atoms with van der Waals surface area (Å²) in [6.45, 7) is 10.6. The number of aromatic nitrogens is 1. The van der Waals surface area contributed by atoms with E-state index in [1.807, 2.05) is 0 Å². The number of benzene rings is 1. The first-order valence-corrected chi connectivity index (χ1v) is 8.35. The number of nitrogens with one attached hydrogen (secondary N) is 1. The summed E-state index contributed by atoms with van der Waals surface area (Å²) < 4.78 is 0. The van der Waals surface area contributed by atoms with Gasteiger partial charge in [-0.05, 0) is 31.0 Å². The van der Waals surface area contributed by atoms with E-state index in [4.69, 9.17) is 4.98 Å². The molecule has 0 bridgehead atoms. The highest BCUT2D eigenvalue weighted by molar-refractivity contribution is 7.15. The van der Waals surface area contributed by atoms with E-state index in [1.54, 1.807) is 11.3 Å². The zero-order valence-electron chi connectivity index (χ0n) is 13.6. The van der Waals surface area contributed by atoms with Crippen LogP contribution in [0.4, 0.5) is 10.8 Å². The Kier molecular flexibility index (Phi) is 5.37. The summed E-state index contributed by atoms with van der Waals surface area (Å²) in [7, 11) is 2.10. The summed E-state index contributed by atoms with van der Waals surface area (Å²) in [5, 5.41) is 4.49. The summed E-state index contributed by atoms with van der Waals surface area (Å²) in [5.41, 5.74) is 3.71. The molecule has 0 fully saturated rings. The van der Waals surface area contributed by atoms with Gasteiger partial charge in [-0.2, -0.15) is 0 Å². The monoisotopic (exact) mass is 303 g/mol. The molecule has 2 aromatic rings. The first kappa shape index (κ1) is 16.0. The predicted molar refractivity (Wildman–Crippen MR) is 92.8 cm³/mol. The molecule has 0 aliphatic rings. The summed E-state index contributed by atoms with van der Waals surface area (Å²) in [6, 6.07) is 8.44. The van der Waals surface area contributed by atoms with E-state index in [0.717, 1.165) is 18.2 Å². The van der Waals surface area contributed by atoms with Crippen LogP contribution in [0.25, 0.3) is 0 Å². The number of hydrogen-bond donors (Lipinski definition) is 1. The SMILES string of the molecule is CCNCc1sc(N(C)c2ccccc2C)nc1C(C)C. The van der Waals surface area contributed by atoms with Crippen molar-refractivity contribution in [3.63, 3.8) is 0 Å². The zero-order valence-corrected chi connectivity index (χ0v) is 14.4. The van der Waals surface area contributed by atoms with Gasteiger partial charge in [0.1, 0.15) is 0 Å². The molecular weight excluding hydrogens is 278 g/mol. The van der Waals surface area contributed by atoms with Crippen molar-refractivity contribution in [2.45, 2.75) is 40.2 Å². The number of anilines is 2. The van der Waals surface area contributed by atoms with E-state index in [2.05, 4.69) is 69.2 Å². The van der Waals surface area contributed by atoms with Gasteiger partial charge in [0.05, 0.1) is 5.69 Å². The van der Waals surface area contributed by atoms with Crippen molar-refractivity contribution >= 4 is 22.2 Å². The molecule has 0 atom stereocenters. The maximum atomic E-state index is 4.88. The Morgan fingerprint density at radius 3 is 2.62 bits per heavy atom. The molecule has 0 unspecified atom stereocenters. The fourth-order valence-electron chi connectivity index (χ4n) is 2.35. The lowest BCUT2D eigenvalue weighted by Gasteiger charge is -2.18. The molecular formula is C17H25N3S. The van der Waals surface area contributed by atoms with Crippen LogP contribution in [0, 0.1) is 6.92 Å². The molecule has 21 heavy (non-hydrogen) atoms. The molecule has 3 nitrogen and oxygen atoms in total. The highest BCUT2D eigenvalue weighted by atomic mass is 32.1. The summed E-state index contributed by atoms with van der Waals surface area (Å²) in [5.74, 6) is 0.453. The molecule has 1 heterocycles. The van der Waals surface area contributed by atoms with E-state index < -0.39 is 0 Å². The molecule has 0 saturated heterocycles. The molecule has 1 aromatic carbocycles. The molecule has 4 heteroatoms. The van der Waals surface area contributed by atoms with Crippen LogP contribution in [0.1, 0.15) is 42.8 Å². The first-order valence-electron chi connectivity index (χ1n) is 7.54. The Labute approximate surface area is 132 Å². The van der Waals surface area contributed by atoms with E-state index >= 15 is 0 Å². The Hall–Kier alpha value is -1.39. The maximum Gasteiger partial charge on any atom is 0.190 e. The molecule has 1 N–H and O–H groups in total. The van der Waals surface area contributed by atoms with Crippen molar-refractivity contribution in [2.75, 3.05) is 18.5 Å². The van der Waals surface area contributed by atoms with E-state index in [9.17, 15) is 0 Å². The van der Waals surface area contributed by atoms with Gasteiger partial charge in [-0.15, -0.1) is 0 Å². The second-order valence-electron chi connectivity index (χ2n) is 5.59. The van der Waals surface area contributed by atoms with Gasteiger partial charge in [0, 0.05) is 24.2 Å². The van der Waals surface area contributed by atoms with E-state index in [-0.39, 0.29) is 0 Å². The lowest BCUT2D eigenvalue weighted by molar-refractivity contribution is 0.714. The smallest absolute Gasteiger partial charge is 0.190 e. The van der Waals surface area contributed by atoms with Crippen LogP contribution < -0.4 is 10.2 Å². The van der Waals surface area contributed by atoms with Gasteiger partial charge in [0.2, 0.25) is 0 Å². The molecule has 2 rings (SSSR count). The van der Waals surface area contributed by atoms with Gasteiger partial charge < -0.3 is 10.2 Å². The number of thiazole rings is 1. The van der Waals surface area contributed by atoms with Crippen LogP contribution in [0.2, 0.25) is 0 Å². The average molecular weight is 303 g/mol. The third kappa shape index (κ3) is 3.63. The standard InChI is InChI=1S/C17H25N3S/c1-6-18-11-15-16(12(2)3)19-17(21-15)20(5)14-10-8-7-9-13(14)4/h7-10,12,18H,6,11H2,1-5H3. The summed E-state index contributed by atoms with van der Waals surface area (Å²) in [4.78, 5) is 8.43. The number of rotatable bonds is 6. The molecule has 114 valence electrons. The Bertz CT molecular complexity index is 589. The van der Waals surface area contributed by atoms with Crippen molar-refractivity contribution in [1.82, 2.24) is 10.3 Å². The van der Waals surface area contributed by atoms with Crippen molar-refractivity contribution in [1.29, 1.82) is 0 Å². The number of para-hydroxylation sites is 1. The molecule has 0 aliphatic heterocycles. The quantitative estimate of drug-likeness (QED) is 0.854. The Morgan fingerprint density at radius 1 is 1.29 bits per heavy atom. The largest absolute Gasteiger partial charge is 0.321 e. The summed E-state index contributed by atoms with van der Waals surface area (Å²) in [6.07, 6.45) is 0.